The maximum absolute atomic E-state index is 13.1. The minimum Gasteiger partial charge on any atom is -0.399 e. The third-order valence-corrected chi connectivity index (χ3v) is 4.61. The number of urea groups is 1. The smallest absolute Gasteiger partial charge is 0.330 e. The fraction of sp³-hybridized carbons (Fsp3) is 0. The number of nitrogens with two attached hydrogens (primary N) is 1. The molecule has 0 radical (unpaired) electrons. The molecule has 0 saturated carbocycles. The predicted octanol–water partition coefficient (Wildman–Crippen LogP) is 6.31. The summed E-state index contributed by atoms with van der Waals surface area (Å²) in [6.07, 6.45) is 0. The van der Waals surface area contributed by atoms with Crippen LogP contribution in [0.25, 0.3) is 11.1 Å². The normalized spacial score (nSPS) is 10.3. The number of nitrogen functional groups attached to an aromatic ring is 1. The van der Waals surface area contributed by atoms with Crippen LogP contribution >= 0.6 is 0 Å². The van der Waals surface area contributed by atoms with Crippen molar-refractivity contribution in [3.8, 4) is 11.1 Å². The second-order valence-electron chi connectivity index (χ2n) is 6.64. The highest BCUT2D eigenvalue weighted by Crippen LogP contribution is 2.28. The number of hydrogen-bond acceptors (Lipinski definition) is 2. The molecule has 4 aromatic carbocycles. The van der Waals surface area contributed by atoms with Crippen LogP contribution < -0.4 is 16.0 Å². The molecular weight excluding hydrogens is 358 g/mol. The SMILES string of the molecule is Nc1ccc(N(C(=O)Nc2ccc(-c3ccccc3)cc2)c2ccccc2)cc1. The first-order chi connectivity index (χ1) is 14.2. The van der Waals surface area contributed by atoms with Crippen LogP contribution in [0, 0.1) is 0 Å². The molecule has 4 heteroatoms. The zero-order valence-electron chi connectivity index (χ0n) is 15.8. The molecule has 0 spiro atoms. The van der Waals surface area contributed by atoms with Crippen LogP contribution in [0.5, 0.6) is 0 Å². The van der Waals surface area contributed by atoms with Gasteiger partial charge in [0.25, 0.3) is 0 Å². The topological polar surface area (TPSA) is 58.4 Å². The molecule has 0 saturated heterocycles. The number of anilines is 4. The van der Waals surface area contributed by atoms with Crippen LogP contribution in [0.3, 0.4) is 0 Å². The molecule has 0 heterocycles. The van der Waals surface area contributed by atoms with Gasteiger partial charge in [0.15, 0.2) is 0 Å². The molecule has 4 aromatic rings. The third kappa shape index (κ3) is 4.28. The third-order valence-electron chi connectivity index (χ3n) is 4.61. The van der Waals surface area contributed by atoms with Crippen molar-refractivity contribution in [2.24, 2.45) is 0 Å². The van der Waals surface area contributed by atoms with Gasteiger partial charge in [0.05, 0.1) is 11.4 Å². The molecule has 0 atom stereocenters. The van der Waals surface area contributed by atoms with Crippen LogP contribution in [0.1, 0.15) is 0 Å². The Bertz CT molecular complexity index is 1080. The summed E-state index contributed by atoms with van der Waals surface area (Å²) in [5.74, 6) is 0. The monoisotopic (exact) mass is 379 g/mol. The van der Waals surface area contributed by atoms with Crippen molar-refractivity contribution in [3.63, 3.8) is 0 Å². The molecule has 142 valence electrons. The summed E-state index contributed by atoms with van der Waals surface area (Å²) in [6.45, 7) is 0. The molecule has 0 aliphatic rings. The minimum atomic E-state index is -0.242. The van der Waals surface area contributed by atoms with E-state index < -0.39 is 0 Å². The summed E-state index contributed by atoms with van der Waals surface area (Å²) in [4.78, 5) is 14.8. The number of rotatable bonds is 4. The fourth-order valence-corrected chi connectivity index (χ4v) is 3.14. The van der Waals surface area contributed by atoms with Crippen molar-refractivity contribution in [2.45, 2.75) is 0 Å². The molecule has 0 aliphatic heterocycles. The van der Waals surface area contributed by atoms with E-state index in [-0.39, 0.29) is 6.03 Å². The summed E-state index contributed by atoms with van der Waals surface area (Å²) < 4.78 is 0. The molecule has 4 rings (SSSR count). The maximum Gasteiger partial charge on any atom is 0.330 e. The first kappa shape index (κ1) is 18.3. The van der Waals surface area contributed by atoms with Crippen LogP contribution in [0.4, 0.5) is 27.5 Å². The summed E-state index contributed by atoms with van der Waals surface area (Å²) >= 11 is 0. The lowest BCUT2D eigenvalue weighted by Gasteiger charge is -2.23. The zero-order chi connectivity index (χ0) is 20.1. The van der Waals surface area contributed by atoms with E-state index in [0.717, 1.165) is 28.2 Å². The van der Waals surface area contributed by atoms with Crippen LogP contribution in [-0.4, -0.2) is 6.03 Å². The number of carbonyl (C=O) groups excluding carboxylic acids is 1. The number of para-hydroxylation sites is 1. The second kappa shape index (κ2) is 8.31. The largest absolute Gasteiger partial charge is 0.399 e. The van der Waals surface area contributed by atoms with Gasteiger partial charge in [-0.2, -0.15) is 0 Å². The minimum absolute atomic E-state index is 0.242. The molecule has 29 heavy (non-hydrogen) atoms. The summed E-state index contributed by atoms with van der Waals surface area (Å²) in [5.41, 5.74) is 10.9. The van der Waals surface area contributed by atoms with Gasteiger partial charge in [-0.15, -0.1) is 0 Å². The summed E-state index contributed by atoms with van der Waals surface area (Å²) in [5, 5.41) is 2.99. The lowest BCUT2D eigenvalue weighted by molar-refractivity contribution is 0.259. The number of benzene rings is 4. The van der Waals surface area contributed by atoms with Gasteiger partial charge in [0.1, 0.15) is 0 Å². The molecule has 0 aliphatic carbocycles. The van der Waals surface area contributed by atoms with Crippen molar-refractivity contribution in [2.75, 3.05) is 16.0 Å². The molecule has 2 amide bonds. The Morgan fingerprint density at radius 2 is 1.14 bits per heavy atom. The quantitative estimate of drug-likeness (QED) is 0.408. The average molecular weight is 379 g/mol. The molecule has 0 bridgehead atoms. The first-order valence-corrected chi connectivity index (χ1v) is 9.38. The van der Waals surface area contributed by atoms with Crippen LogP contribution in [0.15, 0.2) is 109 Å². The molecule has 0 fully saturated rings. The van der Waals surface area contributed by atoms with Crippen LogP contribution in [-0.2, 0) is 0 Å². The second-order valence-corrected chi connectivity index (χ2v) is 6.64. The van der Waals surface area contributed by atoms with E-state index in [4.69, 9.17) is 5.73 Å². The summed E-state index contributed by atoms with van der Waals surface area (Å²) in [7, 11) is 0. The number of nitrogens with zero attached hydrogens (tertiary/aromatic N) is 1. The number of carbonyl (C=O) groups is 1. The van der Waals surface area contributed by atoms with Crippen molar-refractivity contribution >= 4 is 28.8 Å². The standard InChI is InChI=1S/C25H21N3O/c26-21-13-17-24(18-14-21)28(23-9-5-2-6-10-23)25(29)27-22-15-11-20(12-16-22)19-7-3-1-4-8-19/h1-18H,26H2,(H,27,29). The van der Waals surface area contributed by atoms with Gasteiger partial charge >= 0.3 is 6.03 Å². The van der Waals surface area contributed by atoms with Gasteiger partial charge in [-0.3, -0.25) is 4.90 Å². The Kier molecular flexibility index (Phi) is 5.25. The van der Waals surface area contributed by atoms with Gasteiger partial charge < -0.3 is 11.1 Å². The van der Waals surface area contributed by atoms with Crippen molar-refractivity contribution < 1.29 is 4.79 Å². The number of amides is 2. The lowest BCUT2D eigenvalue weighted by Crippen LogP contribution is -2.30. The van der Waals surface area contributed by atoms with E-state index in [0.29, 0.717) is 5.69 Å². The number of hydrogen-bond donors (Lipinski definition) is 2. The Morgan fingerprint density at radius 1 is 0.621 bits per heavy atom. The molecule has 0 aromatic heterocycles. The lowest BCUT2D eigenvalue weighted by atomic mass is 10.1. The van der Waals surface area contributed by atoms with Gasteiger partial charge in [-0.05, 0) is 59.7 Å². The highest BCUT2D eigenvalue weighted by atomic mass is 16.2. The van der Waals surface area contributed by atoms with E-state index in [9.17, 15) is 4.79 Å². The van der Waals surface area contributed by atoms with Crippen molar-refractivity contribution in [3.05, 3.63) is 109 Å². The molecule has 0 unspecified atom stereocenters. The summed E-state index contributed by atoms with van der Waals surface area (Å²) in [6, 6.07) is 34.5. The van der Waals surface area contributed by atoms with Crippen LogP contribution in [0.2, 0.25) is 0 Å². The van der Waals surface area contributed by atoms with Crippen molar-refractivity contribution in [1.29, 1.82) is 0 Å². The van der Waals surface area contributed by atoms with Gasteiger partial charge in [-0.25, -0.2) is 4.79 Å². The Balaban J connectivity index is 1.59. The zero-order valence-corrected chi connectivity index (χ0v) is 15.8. The van der Waals surface area contributed by atoms with Gasteiger partial charge in [0.2, 0.25) is 0 Å². The highest BCUT2D eigenvalue weighted by Gasteiger charge is 2.18. The van der Waals surface area contributed by atoms with E-state index >= 15 is 0 Å². The van der Waals surface area contributed by atoms with E-state index in [1.54, 1.807) is 17.0 Å². The Hall–Kier alpha value is -4.05. The van der Waals surface area contributed by atoms with E-state index in [1.165, 1.54) is 0 Å². The molecule has 3 N–H and O–H groups in total. The van der Waals surface area contributed by atoms with E-state index in [2.05, 4.69) is 17.4 Å². The van der Waals surface area contributed by atoms with Crippen molar-refractivity contribution in [1.82, 2.24) is 0 Å². The Morgan fingerprint density at radius 3 is 1.76 bits per heavy atom. The Labute approximate surface area is 170 Å². The van der Waals surface area contributed by atoms with Gasteiger partial charge in [0, 0.05) is 11.4 Å². The maximum atomic E-state index is 13.1. The predicted molar refractivity (Wildman–Crippen MR) is 120 cm³/mol. The number of nitrogens with one attached hydrogen (secondary N) is 1. The average Bonchev–Trinajstić information content (AvgIpc) is 2.77. The van der Waals surface area contributed by atoms with E-state index in [1.807, 2.05) is 84.9 Å². The molecule has 4 nitrogen and oxygen atoms in total. The highest BCUT2D eigenvalue weighted by molar-refractivity contribution is 6.07. The first-order valence-electron chi connectivity index (χ1n) is 9.38. The van der Waals surface area contributed by atoms with Gasteiger partial charge in [-0.1, -0.05) is 60.7 Å². The molecular formula is C25H21N3O. The fourth-order valence-electron chi connectivity index (χ4n) is 3.14.